The first kappa shape index (κ1) is 12.7. The lowest BCUT2D eigenvalue weighted by atomic mass is 9.99. The fraction of sp³-hybridized carbons (Fsp3) is 0.182. The molecule has 0 saturated carbocycles. The molecule has 0 fully saturated rings. The molecule has 0 saturated heterocycles. The fourth-order valence-electron chi connectivity index (χ4n) is 1.23. The number of rotatable bonds is 3. The Balaban J connectivity index is 0.00000169. The van der Waals surface area contributed by atoms with Gasteiger partial charge in [0.1, 0.15) is 0 Å². The van der Waals surface area contributed by atoms with Gasteiger partial charge < -0.3 is 5.73 Å². The highest BCUT2D eigenvalue weighted by Crippen LogP contribution is 2.17. The van der Waals surface area contributed by atoms with E-state index in [-0.39, 0.29) is 18.4 Å². The van der Waals surface area contributed by atoms with Crippen molar-refractivity contribution in [2.45, 2.75) is 12.5 Å². The zero-order valence-electron chi connectivity index (χ0n) is 7.81. The maximum Gasteiger partial charge on any atom is 0.0995 e. The van der Waals surface area contributed by atoms with Crippen LogP contribution in [0.2, 0.25) is 0 Å². The zero-order chi connectivity index (χ0) is 9.68. The Morgan fingerprint density at radius 1 is 1.50 bits per heavy atom. The molecule has 0 aliphatic heterocycles. The highest BCUT2D eigenvalue weighted by atomic mass is 35.5. The van der Waals surface area contributed by atoms with Gasteiger partial charge in [-0.15, -0.1) is 19.0 Å². The average molecular weight is 209 g/mol. The molecule has 74 valence electrons. The molecule has 1 aromatic carbocycles. The van der Waals surface area contributed by atoms with Crippen molar-refractivity contribution < 1.29 is 0 Å². The number of nitrogens with zero attached hydrogens (tertiary/aromatic N) is 1. The van der Waals surface area contributed by atoms with Gasteiger partial charge in [-0.3, -0.25) is 0 Å². The van der Waals surface area contributed by atoms with Gasteiger partial charge in [0.05, 0.1) is 11.6 Å². The monoisotopic (exact) mass is 208 g/mol. The lowest BCUT2D eigenvalue weighted by Gasteiger charge is -2.10. The molecule has 14 heavy (non-hydrogen) atoms. The van der Waals surface area contributed by atoms with Crippen LogP contribution >= 0.6 is 12.4 Å². The second-order valence-electron chi connectivity index (χ2n) is 2.83. The Morgan fingerprint density at radius 3 is 2.71 bits per heavy atom. The predicted molar refractivity (Wildman–Crippen MR) is 60.1 cm³/mol. The molecular formula is C11H13ClN2. The molecule has 0 spiro atoms. The van der Waals surface area contributed by atoms with E-state index in [1.807, 2.05) is 18.2 Å². The van der Waals surface area contributed by atoms with Crippen LogP contribution in [0.15, 0.2) is 36.9 Å². The van der Waals surface area contributed by atoms with Crippen molar-refractivity contribution in [2.75, 3.05) is 0 Å². The first-order chi connectivity index (χ1) is 6.29. The zero-order valence-corrected chi connectivity index (χ0v) is 8.63. The number of nitrogens with two attached hydrogens (primary N) is 1. The molecule has 2 N–H and O–H groups in total. The van der Waals surface area contributed by atoms with E-state index >= 15 is 0 Å². The van der Waals surface area contributed by atoms with Crippen LogP contribution < -0.4 is 5.73 Å². The molecular weight excluding hydrogens is 196 g/mol. The maximum atomic E-state index is 8.80. The average Bonchev–Trinajstić information content (AvgIpc) is 2.18. The van der Waals surface area contributed by atoms with Crippen molar-refractivity contribution in [3.05, 3.63) is 48.0 Å². The summed E-state index contributed by atoms with van der Waals surface area (Å²) in [5.41, 5.74) is 7.40. The third-order valence-corrected chi connectivity index (χ3v) is 1.90. The number of hydrogen-bond acceptors (Lipinski definition) is 2. The lowest BCUT2D eigenvalue weighted by Crippen LogP contribution is -2.10. The van der Waals surface area contributed by atoms with Crippen LogP contribution in [0.1, 0.15) is 23.6 Å². The quantitative estimate of drug-likeness (QED) is 0.777. The molecule has 0 aromatic heterocycles. The highest BCUT2D eigenvalue weighted by molar-refractivity contribution is 5.85. The molecule has 0 radical (unpaired) electrons. The second kappa shape index (κ2) is 6.20. The van der Waals surface area contributed by atoms with Crippen LogP contribution in [-0.2, 0) is 0 Å². The van der Waals surface area contributed by atoms with Gasteiger partial charge >= 0.3 is 0 Å². The first-order valence-corrected chi connectivity index (χ1v) is 4.15. The summed E-state index contributed by atoms with van der Waals surface area (Å²) in [5.74, 6) is 0. The van der Waals surface area contributed by atoms with Crippen LogP contribution in [-0.4, -0.2) is 0 Å². The number of nitriles is 1. The molecule has 0 aliphatic carbocycles. The summed E-state index contributed by atoms with van der Waals surface area (Å²) < 4.78 is 0. The molecule has 0 unspecified atom stereocenters. The maximum absolute atomic E-state index is 8.80. The third-order valence-electron chi connectivity index (χ3n) is 1.90. The Hall–Kier alpha value is -1.30. The number of halogens is 1. The molecule has 0 heterocycles. The van der Waals surface area contributed by atoms with Gasteiger partial charge in [-0.1, -0.05) is 24.3 Å². The smallest absolute Gasteiger partial charge is 0.0995 e. The number of benzene rings is 1. The summed E-state index contributed by atoms with van der Waals surface area (Å²) in [6, 6.07) is 9.39. The minimum atomic E-state index is -0.117. The summed E-state index contributed by atoms with van der Waals surface area (Å²) in [7, 11) is 0. The molecule has 1 atom stereocenters. The van der Waals surface area contributed by atoms with Crippen LogP contribution in [0.25, 0.3) is 0 Å². The van der Waals surface area contributed by atoms with E-state index in [1.54, 1.807) is 12.1 Å². The van der Waals surface area contributed by atoms with E-state index in [0.29, 0.717) is 12.0 Å². The molecule has 3 heteroatoms. The van der Waals surface area contributed by atoms with Crippen molar-refractivity contribution in [1.29, 1.82) is 5.26 Å². The number of hydrogen-bond donors (Lipinski definition) is 1. The Kier molecular flexibility index (Phi) is 5.62. The van der Waals surface area contributed by atoms with Gasteiger partial charge in [0.15, 0.2) is 0 Å². The predicted octanol–water partition coefficient (Wildman–Crippen LogP) is 2.56. The van der Waals surface area contributed by atoms with Crippen molar-refractivity contribution in [1.82, 2.24) is 0 Å². The standard InChI is InChI=1S/C11H12N2.ClH/c1-2-5-11(13)10-7-4-3-6-9(10)8-12;/h2-4,6-7,11H,1,5,13H2;1H/t11-;/m1./s1. The molecule has 1 rings (SSSR count). The van der Waals surface area contributed by atoms with Gasteiger partial charge in [0.2, 0.25) is 0 Å². The summed E-state index contributed by atoms with van der Waals surface area (Å²) in [6.07, 6.45) is 2.46. The summed E-state index contributed by atoms with van der Waals surface area (Å²) in [5, 5.41) is 8.80. The molecule has 0 amide bonds. The van der Waals surface area contributed by atoms with Crippen LogP contribution in [0.4, 0.5) is 0 Å². The van der Waals surface area contributed by atoms with Gasteiger partial charge in [0.25, 0.3) is 0 Å². The minimum absolute atomic E-state index is 0. The van der Waals surface area contributed by atoms with E-state index in [1.165, 1.54) is 0 Å². The molecule has 0 bridgehead atoms. The summed E-state index contributed by atoms with van der Waals surface area (Å²) in [4.78, 5) is 0. The largest absolute Gasteiger partial charge is 0.324 e. The Bertz CT molecular complexity index is 341. The van der Waals surface area contributed by atoms with Crippen molar-refractivity contribution in [3.8, 4) is 6.07 Å². The van der Waals surface area contributed by atoms with Crippen LogP contribution in [0.3, 0.4) is 0 Å². The van der Waals surface area contributed by atoms with E-state index < -0.39 is 0 Å². The molecule has 1 aromatic rings. The van der Waals surface area contributed by atoms with E-state index in [2.05, 4.69) is 12.6 Å². The highest BCUT2D eigenvalue weighted by Gasteiger charge is 2.07. The first-order valence-electron chi connectivity index (χ1n) is 4.15. The topological polar surface area (TPSA) is 49.8 Å². The SMILES string of the molecule is C=CC[C@@H](N)c1ccccc1C#N.Cl. The fourth-order valence-corrected chi connectivity index (χ4v) is 1.23. The van der Waals surface area contributed by atoms with Crippen LogP contribution in [0, 0.1) is 11.3 Å². The lowest BCUT2D eigenvalue weighted by molar-refractivity contribution is 0.739. The van der Waals surface area contributed by atoms with E-state index in [0.717, 1.165) is 5.56 Å². The Labute approximate surface area is 90.5 Å². The van der Waals surface area contributed by atoms with Gasteiger partial charge in [-0.2, -0.15) is 5.26 Å². The van der Waals surface area contributed by atoms with Gasteiger partial charge in [0, 0.05) is 6.04 Å². The van der Waals surface area contributed by atoms with E-state index in [4.69, 9.17) is 11.0 Å². The van der Waals surface area contributed by atoms with Crippen molar-refractivity contribution in [3.63, 3.8) is 0 Å². The summed E-state index contributed by atoms with van der Waals surface area (Å²) >= 11 is 0. The Morgan fingerprint density at radius 2 is 2.14 bits per heavy atom. The second-order valence-corrected chi connectivity index (χ2v) is 2.83. The third kappa shape index (κ3) is 2.88. The van der Waals surface area contributed by atoms with Gasteiger partial charge in [-0.05, 0) is 18.1 Å². The molecule has 2 nitrogen and oxygen atoms in total. The van der Waals surface area contributed by atoms with Crippen molar-refractivity contribution >= 4 is 12.4 Å². The minimum Gasteiger partial charge on any atom is -0.324 e. The normalized spacial score (nSPS) is 10.9. The molecule has 0 aliphatic rings. The van der Waals surface area contributed by atoms with Gasteiger partial charge in [-0.25, -0.2) is 0 Å². The van der Waals surface area contributed by atoms with Crippen LogP contribution in [0.5, 0.6) is 0 Å². The van der Waals surface area contributed by atoms with Crippen molar-refractivity contribution in [2.24, 2.45) is 5.73 Å². The summed E-state index contributed by atoms with van der Waals surface area (Å²) in [6.45, 7) is 3.62. The van der Waals surface area contributed by atoms with E-state index in [9.17, 15) is 0 Å².